The van der Waals surface area contributed by atoms with Gasteiger partial charge in [0.2, 0.25) is 0 Å². The van der Waals surface area contributed by atoms with Crippen molar-refractivity contribution in [2.75, 3.05) is 26.7 Å². The lowest BCUT2D eigenvalue weighted by Crippen LogP contribution is -2.42. The SMILES string of the molecule is CNCC1CCN(C(C)Cc2ccc(F)cc2)CC1. The molecular formula is C16H25FN2. The fourth-order valence-electron chi connectivity index (χ4n) is 2.98. The Labute approximate surface area is 116 Å². The summed E-state index contributed by atoms with van der Waals surface area (Å²) in [5, 5.41) is 3.27. The lowest BCUT2D eigenvalue weighted by atomic mass is 9.95. The Morgan fingerprint density at radius 2 is 1.89 bits per heavy atom. The van der Waals surface area contributed by atoms with Gasteiger partial charge in [0.15, 0.2) is 0 Å². The van der Waals surface area contributed by atoms with E-state index in [4.69, 9.17) is 0 Å². The summed E-state index contributed by atoms with van der Waals surface area (Å²) in [7, 11) is 2.03. The summed E-state index contributed by atoms with van der Waals surface area (Å²) in [5.74, 6) is 0.684. The molecule has 1 aliphatic heterocycles. The predicted octanol–water partition coefficient (Wildman–Crippen LogP) is 2.69. The fourth-order valence-corrected chi connectivity index (χ4v) is 2.98. The molecule has 0 saturated carbocycles. The minimum Gasteiger partial charge on any atom is -0.319 e. The highest BCUT2D eigenvalue weighted by molar-refractivity contribution is 5.17. The van der Waals surface area contributed by atoms with E-state index in [0.29, 0.717) is 6.04 Å². The number of hydrogen-bond acceptors (Lipinski definition) is 2. The van der Waals surface area contributed by atoms with Gasteiger partial charge in [0, 0.05) is 6.04 Å². The van der Waals surface area contributed by atoms with Crippen molar-refractivity contribution < 1.29 is 4.39 Å². The number of halogens is 1. The minimum atomic E-state index is -0.149. The number of piperidine rings is 1. The minimum absolute atomic E-state index is 0.149. The van der Waals surface area contributed by atoms with Crippen LogP contribution in [0.25, 0.3) is 0 Å². The third kappa shape index (κ3) is 4.29. The molecule has 2 rings (SSSR count). The third-order valence-corrected chi connectivity index (χ3v) is 4.21. The molecule has 1 unspecified atom stereocenters. The third-order valence-electron chi connectivity index (χ3n) is 4.21. The molecule has 1 heterocycles. The molecule has 3 heteroatoms. The van der Waals surface area contributed by atoms with Crippen LogP contribution in [0, 0.1) is 11.7 Å². The van der Waals surface area contributed by atoms with Gasteiger partial charge < -0.3 is 10.2 Å². The van der Waals surface area contributed by atoms with Gasteiger partial charge in [0.1, 0.15) is 5.82 Å². The number of benzene rings is 1. The Morgan fingerprint density at radius 1 is 1.26 bits per heavy atom. The second-order valence-corrected chi connectivity index (χ2v) is 5.72. The molecule has 0 bridgehead atoms. The van der Waals surface area contributed by atoms with Gasteiger partial charge in [0.25, 0.3) is 0 Å². The summed E-state index contributed by atoms with van der Waals surface area (Å²) >= 11 is 0. The maximum absolute atomic E-state index is 12.9. The first-order valence-electron chi connectivity index (χ1n) is 7.32. The molecule has 1 aliphatic rings. The quantitative estimate of drug-likeness (QED) is 0.879. The Hall–Kier alpha value is -0.930. The zero-order valence-electron chi connectivity index (χ0n) is 12.0. The van der Waals surface area contributed by atoms with Crippen LogP contribution in [0.1, 0.15) is 25.3 Å². The molecule has 2 nitrogen and oxygen atoms in total. The average molecular weight is 264 g/mol. The molecule has 1 N–H and O–H groups in total. The van der Waals surface area contributed by atoms with E-state index in [0.717, 1.165) is 18.9 Å². The van der Waals surface area contributed by atoms with Crippen molar-refractivity contribution in [1.82, 2.24) is 10.2 Å². The van der Waals surface area contributed by atoms with E-state index in [2.05, 4.69) is 17.1 Å². The van der Waals surface area contributed by atoms with Gasteiger partial charge in [-0.1, -0.05) is 12.1 Å². The standard InChI is InChI=1S/C16H25FN2/c1-13(11-14-3-5-16(17)6-4-14)19-9-7-15(8-10-19)12-18-2/h3-6,13,15,18H,7-12H2,1-2H3. The summed E-state index contributed by atoms with van der Waals surface area (Å²) in [4.78, 5) is 2.56. The van der Waals surface area contributed by atoms with E-state index in [1.807, 2.05) is 19.2 Å². The molecule has 19 heavy (non-hydrogen) atoms. The van der Waals surface area contributed by atoms with Gasteiger partial charge in [-0.2, -0.15) is 0 Å². The van der Waals surface area contributed by atoms with Gasteiger partial charge in [-0.3, -0.25) is 0 Å². The van der Waals surface area contributed by atoms with Crippen LogP contribution in [0.5, 0.6) is 0 Å². The monoisotopic (exact) mass is 264 g/mol. The molecule has 0 amide bonds. The Kier molecular flexibility index (Phi) is 5.34. The molecule has 0 spiro atoms. The van der Waals surface area contributed by atoms with Crippen LogP contribution < -0.4 is 5.32 Å². The molecule has 1 aromatic carbocycles. The van der Waals surface area contributed by atoms with E-state index in [9.17, 15) is 4.39 Å². The number of nitrogens with zero attached hydrogens (tertiary/aromatic N) is 1. The van der Waals surface area contributed by atoms with Crippen LogP contribution in [-0.2, 0) is 6.42 Å². The van der Waals surface area contributed by atoms with E-state index in [1.54, 1.807) is 12.1 Å². The van der Waals surface area contributed by atoms with Crippen molar-refractivity contribution in [3.63, 3.8) is 0 Å². The van der Waals surface area contributed by atoms with E-state index in [1.165, 1.54) is 31.5 Å². The smallest absolute Gasteiger partial charge is 0.123 e. The van der Waals surface area contributed by atoms with Crippen LogP contribution >= 0.6 is 0 Å². The van der Waals surface area contributed by atoms with Crippen molar-refractivity contribution >= 4 is 0 Å². The Balaban J connectivity index is 1.81. The molecule has 1 fully saturated rings. The molecule has 0 radical (unpaired) electrons. The predicted molar refractivity (Wildman–Crippen MR) is 77.8 cm³/mol. The zero-order chi connectivity index (χ0) is 13.7. The van der Waals surface area contributed by atoms with Gasteiger partial charge in [-0.05, 0) is 76.5 Å². The maximum Gasteiger partial charge on any atom is 0.123 e. The molecule has 106 valence electrons. The van der Waals surface area contributed by atoms with Crippen LogP contribution in [0.15, 0.2) is 24.3 Å². The van der Waals surface area contributed by atoms with Gasteiger partial charge >= 0.3 is 0 Å². The molecule has 1 atom stereocenters. The first kappa shape index (κ1) is 14.5. The second-order valence-electron chi connectivity index (χ2n) is 5.72. The fraction of sp³-hybridized carbons (Fsp3) is 0.625. The van der Waals surface area contributed by atoms with Crippen LogP contribution in [-0.4, -0.2) is 37.6 Å². The molecule has 0 aromatic heterocycles. The van der Waals surface area contributed by atoms with Crippen molar-refractivity contribution in [1.29, 1.82) is 0 Å². The summed E-state index contributed by atoms with van der Waals surface area (Å²) in [6.07, 6.45) is 3.58. The normalized spacial score (nSPS) is 19.5. The molecule has 1 saturated heterocycles. The number of rotatable bonds is 5. The first-order chi connectivity index (χ1) is 9.19. The highest BCUT2D eigenvalue weighted by Gasteiger charge is 2.22. The summed E-state index contributed by atoms with van der Waals surface area (Å²) in [6.45, 7) is 5.80. The average Bonchev–Trinajstić information content (AvgIpc) is 2.42. The topological polar surface area (TPSA) is 15.3 Å². The molecular weight excluding hydrogens is 239 g/mol. The lowest BCUT2D eigenvalue weighted by molar-refractivity contribution is 0.140. The van der Waals surface area contributed by atoms with E-state index in [-0.39, 0.29) is 5.82 Å². The van der Waals surface area contributed by atoms with Gasteiger partial charge in [-0.25, -0.2) is 4.39 Å². The van der Waals surface area contributed by atoms with Gasteiger partial charge in [-0.15, -0.1) is 0 Å². The Morgan fingerprint density at radius 3 is 2.47 bits per heavy atom. The van der Waals surface area contributed by atoms with Crippen LogP contribution in [0.2, 0.25) is 0 Å². The molecule has 1 aromatic rings. The zero-order valence-corrected chi connectivity index (χ0v) is 12.0. The first-order valence-corrected chi connectivity index (χ1v) is 7.32. The highest BCUT2D eigenvalue weighted by atomic mass is 19.1. The second kappa shape index (κ2) is 7.01. The van der Waals surface area contributed by atoms with Crippen molar-refractivity contribution in [3.05, 3.63) is 35.6 Å². The van der Waals surface area contributed by atoms with Crippen molar-refractivity contribution in [3.8, 4) is 0 Å². The van der Waals surface area contributed by atoms with Crippen molar-refractivity contribution in [2.45, 2.75) is 32.2 Å². The van der Waals surface area contributed by atoms with E-state index < -0.39 is 0 Å². The van der Waals surface area contributed by atoms with Gasteiger partial charge in [0.05, 0.1) is 0 Å². The van der Waals surface area contributed by atoms with Crippen LogP contribution in [0.3, 0.4) is 0 Å². The maximum atomic E-state index is 12.9. The largest absolute Gasteiger partial charge is 0.319 e. The van der Waals surface area contributed by atoms with E-state index >= 15 is 0 Å². The molecule has 0 aliphatic carbocycles. The summed E-state index contributed by atoms with van der Waals surface area (Å²) in [6, 6.07) is 7.46. The lowest BCUT2D eigenvalue weighted by Gasteiger charge is -2.36. The summed E-state index contributed by atoms with van der Waals surface area (Å²) in [5.41, 5.74) is 1.23. The number of hydrogen-bond donors (Lipinski definition) is 1. The number of likely N-dealkylation sites (tertiary alicyclic amines) is 1. The highest BCUT2D eigenvalue weighted by Crippen LogP contribution is 2.20. The Bertz CT molecular complexity index is 369. The summed E-state index contributed by atoms with van der Waals surface area (Å²) < 4.78 is 12.9. The van der Waals surface area contributed by atoms with Crippen molar-refractivity contribution in [2.24, 2.45) is 5.92 Å². The number of nitrogens with one attached hydrogen (secondary N) is 1. The van der Waals surface area contributed by atoms with Crippen LogP contribution in [0.4, 0.5) is 4.39 Å².